The lowest BCUT2D eigenvalue weighted by Crippen LogP contribution is -2.30. The van der Waals surface area contributed by atoms with Crippen LogP contribution in [0.25, 0.3) is 22.3 Å². The summed E-state index contributed by atoms with van der Waals surface area (Å²) >= 11 is 0. The van der Waals surface area contributed by atoms with Crippen LogP contribution in [0, 0.1) is 0 Å². The Morgan fingerprint density at radius 1 is 1.11 bits per heavy atom. The van der Waals surface area contributed by atoms with Crippen LogP contribution >= 0.6 is 0 Å². The molecule has 35 heavy (non-hydrogen) atoms. The fourth-order valence-electron chi connectivity index (χ4n) is 3.78. The minimum atomic E-state index is -1.37. The van der Waals surface area contributed by atoms with E-state index < -0.39 is 17.0 Å². The number of rotatable bonds is 7. The van der Waals surface area contributed by atoms with Crippen LogP contribution in [0.5, 0.6) is 0 Å². The van der Waals surface area contributed by atoms with Gasteiger partial charge in [-0.05, 0) is 49.2 Å². The van der Waals surface area contributed by atoms with Gasteiger partial charge in [-0.2, -0.15) is 0 Å². The van der Waals surface area contributed by atoms with E-state index in [1.54, 1.807) is 55.7 Å². The zero-order valence-electron chi connectivity index (χ0n) is 19.0. The number of nitrogen functional groups attached to an aromatic ring is 1. The van der Waals surface area contributed by atoms with Crippen molar-refractivity contribution >= 4 is 34.5 Å². The monoisotopic (exact) mass is 472 g/mol. The standard InChI is InChI=1S/C25H24N6O4/c1-2-31-22(26)20(24(33)34)21(32)18-9-10-19(30-23(18)31)16-5-7-17(8-6-16)29-25(35)28-13-11-15-4-3-12-27-14-15/h3-10,12,14H,2,11,13,26H2,1H3,(H,33,34)(H2,28,29,35). The highest BCUT2D eigenvalue weighted by molar-refractivity contribution is 5.97. The van der Waals surface area contributed by atoms with Crippen molar-refractivity contribution in [2.24, 2.45) is 0 Å². The minimum Gasteiger partial charge on any atom is -0.477 e. The molecule has 0 fully saturated rings. The molecule has 0 saturated heterocycles. The average Bonchev–Trinajstić information content (AvgIpc) is 2.85. The van der Waals surface area contributed by atoms with Crippen molar-refractivity contribution in [3.63, 3.8) is 0 Å². The van der Waals surface area contributed by atoms with E-state index in [0.717, 1.165) is 11.1 Å². The summed E-state index contributed by atoms with van der Waals surface area (Å²) in [6.45, 7) is 2.61. The van der Waals surface area contributed by atoms with Crippen LogP contribution in [0.4, 0.5) is 16.3 Å². The lowest BCUT2D eigenvalue weighted by Gasteiger charge is -2.14. The predicted octanol–water partition coefficient (Wildman–Crippen LogP) is 3.12. The van der Waals surface area contributed by atoms with Crippen molar-refractivity contribution < 1.29 is 14.7 Å². The number of amides is 2. The molecule has 0 unspecified atom stereocenters. The van der Waals surface area contributed by atoms with Gasteiger partial charge in [-0.15, -0.1) is 0 Å². The number of anilines is 2. The quantitative estimate of drug-likeness (QED) is 0.322. The number of urea groups is 1. The molecule has 3 aromatic heterocycles. The third-order valence-corrected chi connectivity index (χ3v) is 5.54. The molecular weight excluding hydrogens is 448 g/mol. The number of nitrogens with zero attached hydrogens (tertiary/aromatic N) is 3. The first-order chi connectivity index (χ1) is 16.9. The molecule has 2 amide bonds. The van der Waals surface area contributed by atoms with Gasteiger partial charge >= 0.3 is 12.0 Å². The number of carbonyl (C=O) groups excluding carboxylic acids is 1. The van der Waals surface area contributed by atoms with E-state index in [4.69, 9.17) is 5.73 Å². The van der Waals surface area contributed by atoms with Crippen molar-refractivity contribution in [3.8, 4) is 11.3 Å². The number of carboxylic acid groups (broad SMARTS) is 1. The summed E-state index contributed by atoms with van der Waals surface area (Å²) < 4.78 is 1.51. The van der Waals surface area contributed by atoms with Gasteiger partial charge in [0, 0.05) is 36.7 Å². The molecule has 0 atom stereocenters. The van der Waals surface area contributed by atoms with E-state index in [9.17, 15) is 19.5 Å². The number of benzene rings is 1. The van der Waals surface area contributed by atoms with E-state index in [2.05, 4.69) is 20.6 Å². The molecule has 5 N–H and O–H groups in total. The lowest BCUT2D eigenvalue weighted by molar-refractivity contribution is 0.0696. The van der Waals surface area contributed by atoms with Crippen LogP contribution in [-0.2, 0) is 13.0 Å². The molecule has 1 aromatic carbocycles. The number of carboxylic acids is 1. The normalized spacial score (nSPS) is 10.8. The van der Waals surface area contributed by atoms with E-state index >= 15 is 0 Å². The number of aromatic nitrogens is 3. The van der Waals surface area contributed by atoms with Gasteiger partial charge in [-0.3, -0.25) is 9.78 Å². The van der Waals surface area contributed by atoms with E-state index in [1.165, 1.54) is 4.57 Å². The average molecular weight is 473 g/mol. The minimum absolute atomic E-state index is 0.128. The van der Waals surface area contributed by atoms with E-state index in [1.807, 2.05) is 12.1 Å². The molecule has 4 rings (SSSR count). The summed E-state index contributed by atoms with van der Waals surface area (Å²) in [6.07, 6.45) is 4.14. The lowest BCUT2D eigenvalue weighted by atomic mass is 10.1. The molecule has 178 valence electrons. The SMILES string of the molecule is CCn1c(N)c(C(=O)O)c(=O)c2ccc(-c3ccc(NC(=O)NCCc4cccnc4)cc3)nc21. The molecule has 0 aliphatic heterocycles. The molecule has 4 aromatic rings. The van der Waals surface area contributed by atoms with Gasteiger partial charge in [-0.1, -0.05) is 18.2 Å². The Hall–Kier alpha value is -4.73. The van der Waals surface area contributed by atoms with Crippen LogP contribution in [-0.4, -0.2) is 38.2 Å². The summed E-state index contributed by atoms with van der Waals surface area (Å²) in [4.78, 5) is 45.0. The van der Waals surface area contributed by atoms with Crippen molar-refractivity contribution in [2.75, 3.05) is 17.6 Å². The zero-order chi connectivity index (χ0) is 24.9. The number of nitrogens with one attached hydrogen (secondary N) is 2. The summed E-state index contributed by atoms with van der Waals surface area (Å²) in [5, 5.41) is 15.2. The van der Waals surface area contributed by atoms with Crippen LogP contribution in [0.15, 0.2) is 65.7 Å². The molecule has 0 saturated carbocycles. The molecule has 10 heteroatoms. The summed E-state index contributed by atoms with van der Waals surface area (Å²) in [6, 6.07) is 13.8. The molecule has 0 radical (unpaired) electrons. The Kier molecular flexibility index (Phi) is 6.72. The first-order valence-corrected chi connectivity index (χ1v) is 11.0. The predicted molar refractivity (Wildman–Crippen MR) is 133 cm³/mol. The second-order valence-electron chi connectivity index (χ2n) is 7.78. The summed E-state index contributed by atoms with van der Waals surface area (Å²) in [5.74, 6) is -1.50. The van der Waals surface area contributed by atoms with Gasteiger partial charge in [0.15, 0.2) is 0 Å². The van der Waals surface area contributed by atoms with Crippen LogP contribution in [0.1, 0.15) is 22.8 Å². The summed E-state index contributed by atoms with van der Waals surface area (Å²) in [5.41, 5.74) is 8.15. The molecule has 0 aliphatic carbocycles. The number of hydrogen-bond donors (Lipinski definition) is 4. The Labute approximate surface area is 200 Å². The number of pyridine rings is 3. The number of aryl methyl sites for hydroxylation is 1. The second-order valence-corrected chi connectivity index (χ2v) is 7.78. The van der Waals surface area contributed by atoms with Crippen LogP contribution in [0.2, 0.25) is 0 Å². The van der Waals surface area contributed by atoms with Gasteiger partial charge < -0.3 is 26.0 Å². The summed E-state index contributed by atoms with van der Waals surface area (Å²) in [7, 11) is 0. The maximum absolute atomic E-state index is 12.6. The van der Waals surface area contributed by atoms with Gasteiger partial charge in [0.25, 0.3) is 0 Å². The van der Waals surface area contributed by atoms with Crippen molar-refractivity contribution in [2.45, 2.75) is 19.9 Å². The highest BCUT2D eigenvalue weighted by Crippen LogP contribution is 2.24. The topological polar surface area (TPSA) is 152 Å². The first kappa shape index (κ1) is 23.4. The largest absolute Gasteiger partial charge is 0.477 e. The number of nitrogens with two attached hydrogens (primary N) is 1. The van der Waals surface area contributed by atoms with Gasteiger partial charge in [0.2, 0.25) is 5.43 Å². The maximum Gasteiger partial charge on any atom is 0.343 e. The third-order valence-electron chi connectivity index (χ3n) is 5.54. The Bertz CT molecular complexity index is 1450. The highest BCUT2D eigenvalue weighted by atomic mass is 16.4. The smallest absolute Gasteiger partial charge is 0.343 e. The molecule has 0 aliphatic rings. The Balaban J connectivity index is 1.50. The molecule has 3 heterocycles. The van der Waals surface area contributed by atoms with Gasteiger partial charge in [0.05, 0.1) is 11.1 Å². The molecule has 10 nitrogen and oxygen atoms in total. The van der Waals surface area contributed by atoms with Gasteiger partial charge in [0.1, 0.15) is 17.0 Å². The fourth-order valence-corrected chi connectivity index (χ4v) is 3.78. The van der Waals surface area contributed by atoms with Crippen molar-refractivity contribution in [1.82, 2.24) is 19.9 Å². The fraction of sp³-hybridized carbons (Fsp3) is 0.160. The van der Waals surface area contributed by atoms with E-state index in [-0.39, 0.29) is 17.2 Å². The highest BCUT2D eigenvalue weighted by Gasteiger charge is 2.20. The Morgan fingerprint density at radius 2 is 1.89 bits per heavy atom. The number of hydrogen-bond acceptors (Lipinski definition) is 6. The van der Waals surface area contributed by atoms with Crippen LogP contribution in [0.3, 0.4) is 0 Å². The molecule has 0 spiro atoms. The first-order valence-electron chi connectivity index (χ1n) is 11.0. The molecular formula is C25H24N6O4. The molecule has 0 bridgehead atoms. The van der Waals surface area contributed by atoms with Crippen molar-refractivity contribution in [3.05, 3.63) is 82.3 Å². The maximum atomic E-state index is 12.6. The third kappa shape index (κ3) is 4.96. The van der Waals surface area contributed by atoms with Crippen molar-refractivity contribution in [1.29, 1.82) is 0 Å². The van der Waals surface area contributed by atoms with Gasteiger partial charge in [-0.25, -0.2) is 14.6 Å². The zero-order valence-corrected chi connectivity index (χ0v) is 19.0. The number of fused-ring (bicyclic) bond motifs is 1. The van der Waals surface area contributed by atoms with E-state index in [0.29, 0.717) is 36.5 Å². The number of aromatic carboxylic acids is 1. The second kappa shape index (κ2) is 10.0. The Morgan fingerprint density at radius 3 is 2.54 bits per heavy atom. The van der Waals surface area contributed by atoms with Crippen LogP contribution < -0.4 is 21.8 Å². The number of carbonyl (C=O) groups is 2.